The van der Waals surface area contributed by atoms with E-state index in [1.807, 2.05) is 12.1 Å². The standard InChI is InChI=1S/C19H27N3O4/c1-13-2-4-16(5-3-13)26-17-10-14(6-8-20-17)11-21-19(25)22-9-7-15(12-22)18(23)24/h6,8,10,13,15-16H,2-5,7,9,11-12H2,1H3,(H,21,25)(H,23,24). The zero-order valence-electron chi connectivity index (χ0n) is 15.2. The molecule has 2 amide bonds. The van der Waals surface area contributed by atoms with E-state index >= 15 is 0 Å². The number of carboxylic acids is 1. The van der Waals surface area contributed by atoms with Crippen molar-refractivity contribution >= 4 is 12.0 Å². The summed E-state index contributed by atoms with van der Waals surface area (Å²) in [6, 6.07) is 3.48. The van der Waals surface area contributed by atoms with Crippen LogP contribution in [-0.2, 0) is 11.3 Å². The molecule has 0 spiro atoms. The Morgan fingerprint density at radius 2 is 2.08 bits per heavy atom. The number of hydrogen-bond acceptors (Lipinski definition) is 4. The summed E-state index contributed by atoms with van der Waals surface area (Å²) < 4.78 is 5.99. The second-order valence-electron chi connectivity index (χ2n) is 7.43. The molecular formula is C19H27N3O4. The predicted molar refractivity (Wildman–Crippen MR) is 95.8 cm³/mol. The van der Waals surface area contributed by atoms with Crippen LogP contribution in [0.4, 0.5) is 4.79 Å². The highest BCUT2D eigenvalue weighted by Crippen LogP contribution is 2.26. The Bertz CT molecular complexity index is 643. The smallest absolute Gasteiger partial charge is 0.317 e. The van der Waals surface area contributed by atoms with Crippen molar-refractivity contribution in [3.05, 3.63) is 23.9 Å². The first-order valence-electron chi connectivity index (χ1n) is 9.38. The number of ether oxygens (including phenoxy) is 1. The number of carbonyl (C=O) groups excluding carboxylic acids is 1. The number of aliphatic carboxylic acids is 1. The van der Waals surface area contributed by atoms with Crippen LogP contribution in [0.15, 0.2) is 18.3 Å². The van der Waals surface area contributed by atoms with E-state index in [-0.39, 0.29) is 18.7 Å². The van der Waals surface area contributed by atoms with E-state index in [2.05, 4.69) is 17.2 Å². The molecule has 2 fully saturated rings. The molecule has 2 N–H and O–H groups in total. The normalized spacial score (nSPS) is 25.7. The molecular weight excluding hydrogens is 334 g/mol. The summed E-state index contributed by atoms with van der Waals surface area (Å²) in [5, 5.41) is 11.9. The van der Waals surface area contributed by atoms with Gasteiger partial charge in [0.15, 0.2) is 0 Å². The highest BCUT2D eigenvalue weighted by atomic mass is 16.5. The summed E-state index contributed by atoms with van der Waals surface area (Å²) in [6.07, 6.45) is 6.92. The van der Waals surface area contributed by atoms with Gasteiger partial charge in [-0.3, -0.25) is 4.79 Å². The number of urea groups is 1. The van der Waals surface area contributed by atoms with Crippen molar-refractivity contribution in [3.8, 4) is 5.88 Å². The molecule has 1 aliphatic heterocycles. The molecule has 0 radical (unpaired) electrons. The van der Waals surface area contributed by atoms with Crippen molar-refractivity contribution in [2.75, 3.05) is 13.1 Å². The number of pyridine rings is 1. The van der Waals surface area contributed by atoms with Gasteiger partial charge in [-0.1, -0.05) is 6.92 Å². The largest absolute Gasteiger partial charge is 0.481 e. The number of hydrogen-bond donors (Lipinski definition) is 2. The molecule has 7 nitrogen and oxygen atoms in total. The highest BCUT2D eigenvalue weighted by molar-refractivity contribution is 5.77. The van der Waals surface area contributed by atoms with Crippen molar-refractivity contribution in [2.24, 2.45) is 11.8 Å². The summed E-state index contributed by atoms with van der Waals surface area (Å²) in [5.74, 6) is 0.0762. The maximum atomic E-state index is 12.2. The van der Waals surface area contributed by atoms with Crippen LogP contribution in [-0.4, -0.2) is 46.2 Å². The minimum absolute atomic E-state index is 0.223. The van der Waals surface area contributed by atoms with Gasteiger partial charge in [0.25, 0.3) is 0 Å². The Labute approximate surface area is 153 Å². The number of likely N-dealkylation sites (tertiary alicyclic amines) is 1. The number of nitrogens with zero attached hydrogens (tertiary/aromatic N) is 2. The lowest BCUT2D eigenvalue weighted by Gasteiger charge is -2.26. The van der Waals surface area contributed by atoms with Gasteiger partial charge in [0.05, 0.1) is 5.92 Å². The lowest BCUT2D eigenvalue weighted by Crippen LogP contribution is -2.38. The van der Waals surface area contributed by atoms with Crippen LogP contribution in [0.1, 0.15) is 44.6 Å². The van der Waals surface area contributed by atoms with E-state index < -0.39 is 11.9 Å². The summed E-state index contributed by atoms with van der Waals surface area (Å²) in [6.45, 7) is 3.39. The Balaban J connectivity index is 1.48. The van der Waals surface area contributed by atoms with E-state index in [9.17, 15) is 9.59 Å². The zero-order chi connectivity index (χ0) is 18.5. The van der Waals surface area contributed by atoms with Gasteiger partial charge in [0.2, 0.25) is 5.88 Å². The number of nitrogens with one attached hydrogen (secondary N) is 1. The summed E-state index contributed by atoms with van der Waals surface area (Å²) in [4.78, 5) is 29.0. The predicted octanol–water partition coefficient (Wildman–Crippen LogP) is 2.66. The Morgan fingerprint density at radius 3 is 2.77 bits per heavy atom. The van der Waals surface area contributed by atoms with E-state index in [0.29, 0.717) is 25.4 Å². The average molecular weight is 361 g/mol. The molecule has 1 aromatic rings. The first-order chi connectivity index (χ1) is 12.5. The second kappa shape index (κ2) is 8.38. The van der Waals surface area contributed by atoms with Gasteiger partial charge < -0.3 is 20.1 Å². The quantitative estimate of drug-likeness (QED) is 0.841. The van der Waals surface area contributed by atoms with E-state index in [0.717, 1.165) is 24.3 Å². The minimum atomic E-state index is -0.840. The van der Waals surface area contributed by atoms with Crippen LogP contribution >= 0.6 is 0 Å². The molecule has 1 saturated heterocycles. The highest BCUT2D eigenvalue weighted by Gasteiger charge is 2.30. The van der Waals surface area contributed by atoms with Crippen molar-refractivity contribution in [3.63, 3.8) is 0 Å². The second-order valence-corrected chi connectivity index (χ2v) is 7.43. The van der Waals surface area contributed by atoms with Gasteiger partial charge >= 0.3 is 12.0 Å². The molecule has 1 atom stereocenters. The number of aromatic nitrogens is 1. The minimum Gasteiger partial charge on any atom is -0.481 e. The van der Waals surface area contributed by atoms with Gasteiger partial charge in [0.1, 0.15) is 6.10 Å². The molecule has 1 aliphatic carbocycles. The molecule has 26 heavy (non-hydrogen) atoms. The summed E-state index contributed by atoms with van der Waals surface area (Å²) in [7, 11) is 0. The third-order valence-corrected chi connectivity index (χ3v) is 5.32. The third-order valence-electron chi connectivity index (χ3n) is 5.32. The molecule has 1 unspecified atom stereocenters. The van der Waals surface area contributed by atoms with E-state index in [1.165, 1.54) is 12.8 Å². The monoisotopic (exact) mass is 361 g/mol. The van der Waals surface area contributed by atoms with Crippen LogP contribution in [0.25, 0.3) is 0 Å². The zero-order valence-corrected chi connectivity index (χ0v) is 15.2. The van der Waals surface area contributed by atoms with E-state index in [1.54, 1.807) is 11.1 Å². The summed E-state index contributed by atoms with van der Waals surface area (Å²) >= 11 is 0. The van der Waals surface area contributed by atoms with Crippen molar-refractivity contribution in [2.45, 2.75) is 51.7 Å². The number of amides is 2. The van der Waals surface area contributed by atoms with Crippen LogP contribution in [0, 0.1) is 11.8 Å². The third kappa shape index (κ3) is 4.86. The Hall–Kier alpha value is -2.31. The molecule has 0 bridgehead atoms. The van der Waals surface area contributed by atoms with Crippen LogP contribution in [0.3, 0.4) is 0 Å². The van der Waals surface area contributed by atoms with Crippen LogP contribution in [0.2, 0.25) is 0 Å². The van der Waals surface area contributed by atoms with Gasteiger partial charge in [-0.25, -0.2) is 9.78 Å². The molecule has 1 aromatic heterocycles. The first kappa shape index (κ1) is 18.5. The fourth-order valence-electron chi connectivity index (χ4n) is 3.58. The molecule has 3 rings (SSSR count). The fourth-order valence-corrected chi connectivity index (χ4v) is 3.58. The SMILES string of the molecule is CC1CCC(Oc2cc(CNC(=O)N3CCC(C(=O)O)C3)ccn2)CC1. The molecule has 7 heteroatoms. The lowest BCUT2D eigenvalue weighted by atomic mass is 9.89. The number of carbonyl (C=O) groups is 2. The fraction of sp³-hybridized carbons (Fsp3) is 0.632. The van der Waals surface area contributed by atoms with Gasteiger partial charge in [-0.2, -0.15) is 0 Å². The molecule has 1 saturated carbocycles. The maximum Gasteiger partial charge on any atom is 0.317 e. The average Bonchev–Trinajstić information content (AvgIpc) is 3.13. The van der Waals surface area contributed by atoms with Crippen molar-refractivity contribution < 1.29 is 19.4 Å². The Kier molecular flexibility index (Phi) is 5.96. The topological polar surface area (TPSA) is 91.8 Å². The van der Waals surface area contributed by atoms with Gasteiger partial charge in [-0.05, 0) is 49.7 Å². The Morgan fingerprint density at radius 1 is 1.31 bits per heavy atom. The number of rotatable bonds is 5. The van der Waals surface area contributed by atoms with Gasteiger partial charge in [-0.15, -0.1) is 0 Å². The van der Waals surface area contributed by atoms with Crippen LogP contribution < -0.4 is 10.1 Å². The molecule has 2 aliphatic rings. The molecule has 0 aromatic carbocycles. The first-order valence-corrected chi connectivity index (χ1v) is 9.38. The molecule has 142 valence electrons. The number of carboxylic acid groups (broad SMARTS) is 1. The van der Waals surface area contributed by atoms with Crippen LogP contribution in [0.5, 0.6) is 5.88 Å². The summed E-state index contributed by atoms with van der Waals surface area (Å²) in [5.41, 5.74) is 0.918. The molecule has 2 heterocycles. The van der Waals surface area contributed by atoms with Crippen molar-refractivity contribution in [1.82, 2.24) is 15.2 Å². The van der Waals surface area contributed by atoms with E-state index in [4.69, 9.17) is 9.84 Å². The lowest BCUT2D eigenvalue weighted by molar-refractivity contribution is -0.141. The van der Waals surface area contributed by atoms with Gasteiger partial charge in [0, 0.05) is 31.9 Å². The van der Waals surface area contributed by atoms with Crippen molar-refractivity contribution in [1.29, 1.82) is 0 Å². The maximum absolute atomic E-state index is 12.2.